The van der Waals surface area contributed by atoms with Gasteiger partial charge in [-0.05, 0) is 48.5 Å². The molecule has 0 saturated heterocycles. The van der Waals surface area contributed by atoms with Gasteiger partial charge < -0.3 is 24.1 Å². The first-order valence-electron chi connectivity index (χ1n) is 17.4. The third kappa shape index (κ3) is 16.5. The molecule has 32 heteroatoms. The maximum Gasteiger partial charge on any atom is 0.416 e. The highest BCUT2D eigenvalue weighted by Gasteiger charge is 2.32. The summed E-state index contributed by atoms with van der Waals surface area (Å²) in [6, 6.07) is 12.0. The number of pyridine rings is 1. The molecule has 0 bridgehead atoms. The molecule has 24 nitrogen and oxygen atoms in total. The smallest absolute Gasteiger partial charge is 0.416 e. The number of ether oxygens (including phenoxy) is 4. The molecule has 0 unspecified atom stereocenters. The molecule has 0 fully saturated rings. The molecule has 0 radical (unpaired) electrons. The van der Waals surface area contributed by atoms with Crippen LogP contribution >= 0.6 is 23.2 Å². The number of anilines is 1. The lowest BCUT2D eigenvalue weighted by Crippen LogP contribution is -2.45. The van der Waals surface area contributed by atoms with Crippen LogP contribution in [0, 0.1) is 10.1 Å². The maximum atomic E-state index is 12.7. The van der Waals surface area contributed by atoms with Gasteiger partial charge in [-0.25, -0.2) is 35.9 Å². The van der Waals surface area contributed by atoms with E-state index in [1.165, 1.54) is 25.0 Å². The zero-order valence-electron chi connectivity index (χ0n) is 34.6. The number of nitrogens with one attached hydrogen (secondary N) is 3. The highest BCUT2D eigenvalue weighted by molar-refractivity contribution is 8.03. The number of carbonyl (C=O) groups excluding carboxylic acids is 2. The zero-order chi connectivity index (χ0) is 50.7. The first-order chi connectivity index (χ1) is 30.9. The average Bonchev–Trinajstić information content (AvgIpc) is 3.22. The zero-order valence-corrected chi connectivity index (χ0v) is 38.5. The van der Waals surface area contributed by atoms with Gasteiger partial charge in [0.15, 0.2) is 6.61 Å². The molecule has 3 aromatic carbocycles. The van der Waals surface area contributed by atoms with Crippen LogP contribution in [-0.4, -0.2) is 112 Å². The highest BCUT2D eigenvalue weighted by Crippen LogP contribution is 2.37. The average molecular weight is 1050 g/mol. The molecule has 0 aliphatic heterocycles. The van der Waals surface area contributed by atoms with Gasteiger partial charge in [-0.1, -0.05) is 26.9 Å². The molecule has 0 aliphatic carbocycles. The lowest BCUT2D eigenvalue weighted by atomic mass is 10.1. The Balaban J connectivity index is 0.000000276. The third-order valence-corrected chi connectivity index (χ3v) is 12.2. The summed E-state index contributed by atoms with van der Waals surface area (Å²) < 4.78 is 129. The number of amides is 3. The molecule has 3 amide bonds. The summed E-state index contributed by atoms with van der Waals surface area (Å²) in [4.78, 5) is 55.9. The van der Waals surface area contributed by atoms with Gasteiger partial charge in [0.05, 0.1) is 53.3 Å². The number of alkyl halides is 3. The Hall–Kier alpha value is -6.86. The van der Waals surface area contributed by atoms with Crippen LogP contribution in [0.4, 0.5) is 29.6 Å². The number of benzene rings is 3. The van der Waals surface area contributed by atoms with Crippen LogP contribution in [0.2, 0.25) is 10.0 Å². The van der Waals surface area contributed by atoms with Crippen molar-refractivity contribution in [2.45, 2.75) is 6.18 Å². The van der Waals surface area contributed by atoms with Gasteiger partial charge in [-0.15, -0.1) is 0 Å². The fraction of sp³-hybridized carbons (Fsp3) is 0.200. The molecule has 5 rings (SSSR count). The van der Waals surface area contributed by atoms with Gasteiger partial charge in [-0.2, -0.15) is 31.6 Å². The van der Waals surface area contributed by atoms with Crippen molar-refractivity contribution in [3.05, 3.63) is 104 Å². The fourth-order valence-corrected chi connectivity index (χ4v) is 7.39. The van der Waals surface area contributed by atoms with E-state index in [1.807, 2.05) is 5.32 Å². The van der Waals surface area contributed by atoms with Crippen LogP contribution in [0.3, 0.4) is 0 Å². The molecule has 2 aromatic heterocycles. The van der Waals surface area contributed by atoms with Crippen LogP contribution in [0.1, 0.15) is 15.9 Å². The van der Waals surface area contributed by atoms with Gasteiger partial charge in [0.1, 0.15) is 28.3 Å². The molecule has 362 valence electrons. The summed E-state index contributed by atoms with van der Waals surface area (Å²) in [5, 5.41) is 22.5. The second-order valence-corrected chi connectivity index (χ2v) is 19.0. The molecule has 0 saturated carbocycles. The second-order valence-electron chi connectivity index (χ2n) is 12.5. The normalized spacial score (nSPS) is 11.4. The quantitative estimate of drug-likeness (QED) is 0.0853. The number of hydrogen-bond donors (Lipinski definition) is 4. The number of carboxylic acids is 1. The van der Waals surface area contributed by atoms with Crippen LogP contribution in [0.5, 0.6) is 29.0 Å². The largest absolute Gasteiger partial charge is 0.481 e. The summed E-state index contributed by atoms with van der Waals surface area (Å²) in [5.74, 6) is -2.48. The molecule has 0 spiro atoms. The predicted octanol–water partition coefficient (Wildman–Crippen LogP) is 4.85. The molecule has 67 heavy (non-hydrogen) atoms. The minimum atomic E-state index is -4.62. The number of carboxylic acid groups (broad SMARTS) is 1. The van der Waals surface area contributed by atoms with Gasteiger partial charge in [-0.3, -0.25) is 25.2 Å². The van der Waals surface area contributed by atoms with Crippen molar-refractivity contribution >= 4 is 93.9 Å². The van der Waals surface area contributed by atoms with Crippen molar-refractivity contribution in [3.63, 3.8) is 0 Å². The van der Waals surface area contributed by atoms with Crippen molar-refractivity contribution in [3.8, 4) is 29.0 Å². The molecule has 4 N–H and O–H groups in total. The lowest BCUT2D eigenvalue weighted by Gasteiger charge is -2.15. The topological polar surface area (TPSA) is 332 Å². The monoisotopic (exact) mass is 1040 g/mol. The van der Waals surface area contributed by atoms with Crippen LogP contribution < -0.4 is 33.7 Å². The van der Waals surface area contributed by atoms with Crippen molar-refractivity contribution in [2.24, 2.45) is 0 Å². The van der Waals surface area contributed by atoms with E-state index < -0.39 is 87.7 Å². The van der Waals surface area contributed by atoms with E-state index in [4.69, 9.17) is 47.3 Å². The number of nitro groups is 1. The number of halogens is 5. The summed E-state index contributed by atoms with van der Waals surface area (Å²) >= 11 is 11.7. The Morgan fingerprint density at radius 1 is 0.866 bits per heavy atom. The minimum absolute atomic E-state index is 0.00654. The number of fused-ring (bicyclic) bond motifs is 1. The molecular weight excluding hydrogens is 1010 g/mol. The van der Waals surface area contributed by atoms with Gasteiger partial charge in [0.2, 0.25) is 37.8 Å². The number of sulfonamides is 2. The Bertz CT molecular complexity index is 3010. The number of urea groups is 1. The molecule has 5 aromatic rings. The number of aliphatic carboxylic acids is 1. The van der Waals surface area contributed by atoms with Crippen LogP contribution in [0.25, 0.3) is 10.9 Å². The Kier molecular flexibility index (Phi) is 18.3. The van der Waals surface area contributed by atoms with E-state index in [1.54, 1.807) is 35.2 Å². The van der Waals surface area contributed by atoms with Crippen LogP contribution in [-0.2, 0) is 41.2 Å². The number of aromatic nitrogens is 3. The van der Waals surface area contributed by atoms with E-state index >= 15 is 0 Å². The van der Waals surface area contributed by atoms with Crippen molar-refractivity contribution in [2.75, 3.05) is 45.7 Å². The summed E-state index contributed by atoms with van der Waals surface area (Å²) in [6.45, 7) is -0.396. The maximum absolute atomic E-state index is 12.7. The molecule has 0 atom stereocenters. The minimum Gasteiger partial charge on any atom is -0.481 e. The summed E-state index contributed by atoms with van der Waals surface area (Å²) in [7, 11) is -9.27. The number of carbonyl (C=O) groups is 3. The number of hydrogen-bond acceptors (Lipinski definition) is 18. The van der Waals surface area contributed by atoms with Gasteiger partial charge in [0.25, 0.3) is 11.6 Å². The van der Waals surface area contributed by atoms with Gasteiger partial charge >= 0.3 is 28.4 Å². The van der Waals surface area contributed by atoms with Gasteiger partial charge in [0, 0.05) is 30.8 Å². The van der Waals surface area contributed by atoms with Crippen molar-refractivity contribution < 1.29 is 81.8 Å². The lowest BCUT2D eigenvalue weighted by molar-refractivity contribution is -0.385. The SMILES string of the molecule is COc1cc(OC)nc(NC(=O)NS(=O)(=O)N(C)S(C)(=O)=O)n1.CS(=O)(=O)NC(=O)c1cc(Oc2ccc(C(F)(F)F)cc2Cl)ccc1[N+](=O)[O-].O=C(O)COc1ccc(Cl)c2cccnc12. The van der Waals surface area contributed by atoms with E-state index in [0.717, 1.165) is 36.7 Å². The Morgan fingerprint density at radius 2 is 1.48 bits per heavy atom. The van der Waals surface area contributed by atoms with E-state index in [2.05, 4.69) is 15.0 Å². The van der Waals surface area contributed by atoms with E-state index in [0.29, 0.717) is 40.9 Å². The van der Waals surface area contributed by atoms with Crippen molar-refractivity contribution in [1.82, 2.24) is 28.1 Å². The number of nitrogens with zero attached hydrogens (tertiary/aromatic N) is 5. The predicted molar refractivity (Wildman–Crippen MR) is 231 cm³/mol. The summed E-state index contributed by atoms with van der Waals surface area (Å²) in [5.41, 5.74) is -1.78. The van der Waals surface area contributed by atoms with E-state index in [9.17, 15) is 62.9 Å². The fourth-order valence-electron chi connectivity index (χ4n) is 4.55. The number of nitro benzene ring substituents is 1. The third-order valence-electron chi connectivity index (χ3n) is 7.55. The molecular formula is C35H33Cl2F3N8O16S3. The summed E-state index contributed by atoms with van der Waals surface area (Å²) in [6.07, 6.45) is -1.67. The first-order valence-corrected chi connectivity index (χ1v) is 23.4. The highest BCUT2D eigenvalue weighted by atomic mass is 35.5. The number of methoxy groups -OCH3 is 2. The Labute approximate surface area is 387 Å². The standard InChI is InChI=1S/C15H10ClF3N2O6S.C11H8ClNO3.C9H15N5O7S2/c1-28(25,26)20-14(22)10-7-9(3-4-12(10)21(23)24)27-13-5-2-8(6-11(13)16)15(17,18)19;12-8-3-4-9(16-6-10(14)15)11-7(8)2-1-5-13-11;1-14(22(4,16)17)23(18,19)13-9(15)12-8-10-6(20-2)5-7(11-8)21-3/h2-7H,1H3,(H,20,22);1-5H,6H2,(H,14,15);5H,1-4H3,(H2,10,11,12,13,15). The van der Waals surface area contributed by atoms with Crippen LogP contribution in [0.15, 0.2) is 72.9 Å². The van der Waals surface area contributed by atoms with E-state index in [-0.39, 0.29) is 32.9 Å². The number of rotatable bonds is 14. The first kappa shape index (κ1) is 54.5. The van der Waals surface area contributed by atoms with Crippen molar-refractivity contribution in [1.29, 1.82) is 0 Å². The molecule has 2 heterocycles. The Morgan fingerprint density at radius 3 is 2.00 bits per heavy atom. The second kappa shape index (κ2) is 22.6. The molecule has 0 aliphatic rings.